The van der Waals surface area contributed by atoms with Crippen molar-refractivity contribution in [2.24, 2.45) is 5.73 Å². The number of nitrogens with two attached hydrogens (primary N) is 1. The summed E-state index contributed by atoms with van der Waals surface area (Å²) in [5.41, 5.74) is 6.33. The smallest absolute Gasteiger partial charge is 0.222 e. The molecule has 1 aromatic rings. The van der Waals surface area contributed by atoms with Crippen LogP contribution >= 0.6 is 0 Å². The van der Waals surface area contributed by atoms with Crippen molar-refractivity contribution < 1.29 is 19.0 Å². The molecule has 3 N–H and O–H groups in total. The third kappa shape index (κ3) is 4.40. The topological polar surface area (TPSA) is 82.8 Å². The van der Waals surface area contributed by atoms with Gasteiger partial charge in [0.05, 0.1) is 26.7 Å². The molecule has 1 rings (SSSR count). The molecule has 1 amide bonds. The van der Waals surface area contributed by atoms with Crippen LogP contribution in [0.2, 0.25) is 0 Å². The number of methoxy groups -OCH3 is 3. The van der Waals surface area contributed by atoms with Crippen LogP contribution in [0.3, 0.4) is 0 Å². The molecule has 6 nitrogen and oxygen atoms in total. The molecule has 0 fully saturated rings. The van der Waals surface area contributed by atoms with Crippen molar-refractivity contribution in [1.82, 2.24) is 5.32 Å². The summed E-state index contributed by atoms with van der Waals surface area (Å²) in [6.45, 7) is 0.673. The van der Waals surface area contributed by atoms with E-state index in [9.17, 15) is 4.79 Å². The van der Waals surface area contributed by atoms with Gasteiger partial charge in [0, 0.05) is 25.8 Å². The van der Waals surface area contributed by atoms with E-state index in [2.05, 4.69) is 5.32 Å². The average molecular weight is 282 g/mol. The van der Waals surface area contributed by atoms with Crippen molar-refractivity contribution in [2.45, 2.75) is 19.1 Å². The van der Waals surface area contributed by atoms with Crippen LogP contribution in [0.1, 0.15) is 12.0 Å². The number of amides is 1. The maximum absolute atomic E-state index is 11.8. The zero-order chi connectivity index (χ0) is 15.0. The Hall–Kier alpha value is -1.79. The Bertz CT molecular complexity index is 433. The maximum atomic E-state index is 11.8. The molecule has 0 saturated carbocycles. The molecule has 0 spiro atoms. The number of hydrogen-bond acceptors (Lipinski definition) is 5. The molecule has 1 atom stereocenters. The lowest BCUT2D eigenvalue weighted by molar-refractivity contribution is -0.123. The monoisotopic (exact) mass is 282 g/mol. The van der Waals surface area contributed by atoms with E-state index in [1.54, 1.807) is 20.3 Å². The van der Waals surface area contributed by atoms with E-state index in [1.165, 1.54) is 7.11 Å². The van der Waals surface area contributed by atoms with Crippen LogP contribution in [0.15, 0.2) is 18.2 Å². The van der Waals surface area contributed by atoms with E-state index < -0.39 is 0 Å². The summed E-state index contributed by atoms with van der Waals surface area (Å²) in [4.78, 5) is 11.8. The fourth-order valence-corrected chi connectivity index (χ4v) is 1.83. The predicted octanol–water partition coefficient (Wildman–Crippen LogP) is 0.684. The number of para-hydroxylation sites is 1. The van der Waals surface area contributed by atoms with Crippen LogP contribution in [0, 0.1) is 0 Å². The second-order valence-electron chi connectivity index (χ2n) is 4.23. The van der Waals surface area contributed by atoms with Gasteiger partial charge in [0.25, 0.3) is 0 Å². The summed E-state index contributed by atoms with van der Waals surface area (Å²) in [7, 11) is 4.68. The standard InChI is InChI=1S/C14H22N2O4/c1-18-11(8-15)7-13(17)16-9-10-5-4-6-12(19-2)14(10)20-3/h4-6,11H,7-9,15H2,1-3H3,(H,16,17). The van der Waals surface area contributed by atoms with Crippen molar-refractivity contribution in [1.29, 1.82) is 0 Å². The van der Waals surface area contributed by atoms with Crippen LogP contribution in [-0.4, -0.2) is 39.9 Å². The van der Waals surface area contributed by atoms with E-state index in [4.69, 9.17) is 19.9 Å². The summed E-state index contributed by atoms with van der Waals surface area (Å²) >= 11 is 0. The van der Waals surface area contributed by atoms with Gasteiger partial charge in [0.2, 0.25) is 5.91 Å². The van der Waals surface area contributed by atoms with Crippen LogP contribution in [0.25, 0.3) is 0 Å². The second kappa shape index (κ2) is 8.39. The number of nitrogens with one attached hydrogen (secondary N) is 1. The van der Waals surface area contributed by atoms with Gasteiger partial charge in [-0.3, -0.25) is 4.79 Å². The quantitative estimate of drug-likeness (QED) is 0.733. The lowest BCUT2D eigenvalue weighted by atomic mass is 10.1. The van der Waals surface area contributed by atoms with Gasteiger partial charge >= 0.3 is 0 Å². The predicted molar refractivity (Wildman–Crippen MR) is 75.9 cm³/mol. The average Bonchev–Trinajstić information content (AvgIpc) is 2.49. The molecule has 20 heavy (non-hydrogen) atoms. The molecular formula is C14H22N2O4. The van der Waals surface area contributed by atoms with Crippen molar-refractivity contribution in [3.63, 3.8) is 0 Å². The number of hydrogen-bond donors (Lipinski definition) is 2. The lowest BCUT2D eigenvalue weighted by Gasteiger charge is -2.15. The number of carbonyl (C=O) groups is 1. The largest absolute Gasteiger partial charge is 0.493 e. The molecule has 0 saturated heterocycles. The highest BCUT2D eigenvalue weighted by atomic mass is 16.5. The molecule has 1 aromatic carbocycles. The van der Waals surface area contributed by atoms with E-state index in [-0.39, 0.29) is 18.4 Å². The first kappa shape index (κ1) is 16.3. The van der Waals surface area contributed by atoms with Crippen LogP contribution in [-0.2, 0) is 16.1 Å². The highest BCUT2D eigenvalue weighted by Gasteiger charge is 2.13. The first-order valence-electron chi connectivity index (χ1n) is 6.35. The number of ether oxygens (including phenoxy) is 3. The Morgan fingerprint density at radius 3 is 2.60 bits per heavy atom. The zero-order valence-corrected chi connectivity index (χ0v) is 12.1. The van der Waals surface area contributed by atoms with Gasteiger partial charge in [-0.25, -0.2) is 0 Å². The summed E-state index contributed by atoms with van der Waals surface area (Å²) in [5, 5.41) is 2.81. The fraction of sp³-hybridized carbons (Fsp3) is 0.500. The van der Waals surface area contributed by atoms with Gasteiger partial charge < -0.3 is 25.3 Å². The summed E-state index contributed by atoms with van der Waals surface area (Å²) < 4.78 is 15.6. The Labute approximate surface area is 119 Å². The van der Waals surface area contributed by atoms with Crippen molar-refractivity contribution >= 4 is 5.91 Å². The number of rotatable bonds is 8. The SMILES string of the molecule is COc1cccc(CNC(=O)CC(CN)OC)c1OC. The molecule has 1 unspecified atom stereocenters. The molecule has 0 aliphatic rings. The Morgan fingerprint density at radius 1 is 1.30 bits per heavy atom. The second-order valence-corrected chi connectivity index (χ2v) is 4.23. The van der Waals surface area contributed by atoms with Gasteiger partial charge in [-0.15, -0.1) is 0 Å². The molecule has 0 aliphatic carbocycles. The summed E-state index contributed by atoms with van der Waals surface area (Å²) in [6.07, 6.45) is -0.0264. The lowest BCUT2D eigenvalue weighted by Crippen LogP contribution is -2.32. The first-order chi connectivity index (χ1) is 9.65. The van der Waals surface area contributed by atoms with Gasteiger partial charge in [-0.1, -0.05) is 12.1 Å². The Kier molecular flexibility index (Phi) is 6.83. The summed E-state index contributed by atoms with van der Waals surface area (Å²) in [6, 6.07) is 5.53. The minimum atomic E-state index is -0.262. The number of carbonyl (C=O) groups excluding carboxylic acids is 1. The minimum absolute atomic E-state index is 0.118. The summed E-state index contributed by atoms with van der Waals surface area (Å²) in [5.74, 6) is 1.14. The van der Waals surface area contributed by atoms with Gasteiger partial charge in [0.1, 0.15) is 0 Å². The van der Waals surface area contributed by atoms with E-state index >= 15 is 0 Å². The van der Waals surface area contributed by atoms with Crippen molar-refractivity contribution in [3.05, 3.63) is 23.8 Å². The van der Waals surface area contributed by atoms with E-state index in [0.29, 0.717) is 24.6 Å². The molecule has 112 valence electrons. The molecule has 0 heterocycles. The third-order valence-corrected chi connectivity index (χ3v) is 2.97. The van der Waals surface area contributed by atoms with Crippen LogP contribution in [0.4, 0.5) is 0 Å². The van der Waals surface area contributed by atoms with Gasteiger partial charge in [-0.2, -0.15) is 0 Å². The van der Waals surface area contributed by atoms with Crippen molar-refractivity contribution in [2.75, 3.05) is 27.9 Å². The van der Waals surface area contributed by atoms with E-state index in [0.717, 1.165) is 5.56 Å². The van der Waals surface area contributed by atoms with Gasteiger partial charge in [0.15, 0.2) is 11.5 Å². The normalized spacial score (nSPS) is 11.8. The van der Waals surface area contributed by atoms with Crippen molar-refractivity contribution in [3.8, 4) is 11.5 Å². The third-order valence-electron chi connectivity index (χ3n) is 2.97. The maximum Gasteiger partial charge on any atom is 0.222 e. The molecule has 0 aliphatic heterocycles. The van der Waals surface area contributed by atoms with Crippen LogP contribution < -0.4 is 20.5 Å². The molecule has 0 bridgehead atoms. The van der Waals surface area contributed by atoms with Gasteiger partial charge in [-0.05, 0) is 6.07 Å². The zero-order valence-electron chi connectivity index (χ0n) is 12.1. The Morgan fingerprint density at radius 2 is 2.05 bits per heavy atom. The first-order valence-corrected chi connectivity index (χ1v) is 6.35. The Balaban J connectivity index is 2.63. The fourth-order valence-electron chi connectivity index (χ4n) is 1.83. The van der Waals surface area contributed by atoms with Crippen LogP contribution in [0.5, 0.6) is 11.5 Å². The molecule has 6 heteroatoms. The highest BCUT2D eigenvalue weighted by Crippen LogP contribution is 2.30. The molecule has 0 aromatic heterocycles. The van der Waals surface area contributed by atoms with E-state index in [1.807, 2.05) is 12.1 Å². The highest BCUT2D eigenvalue weighted by molar-refractivity contribution is 5.76. The molecule has 0 radical (unpaired) electrons. The molecular weight excluding hydrogens is 260 g/mol. The minimum Gasteiger partial charge on any atom is -0.493 e. The number of benzene rings is 1.